The van der Waals surface area contributed by atoms with E-state index in [2.05, 4.69) is 24.1 Å². The molecule has 1 heterocycles. The van der Waals surface area contributed by atoms with Crippen LogP contribution >= 0.6 is 0 Å². The van der Waals surface area contributed by atoms with Gasteiger partial charge in [0.15, 0.2) is 0 Å². The maximum absolute atomic E-state index is 11.8. The molecule has 3 unspecified atom stereocenters. The summed E-state index contributed by atoms with van der Waals surface area (Å²) in [5.41, 5.74) is 0. The average molecular weight is 252 g/mol. The van der Waals surface area contributed by atoms with Crippen molar-refractivity contribution in [3.05, 3.63) is 0 Å². The average Bonchev–Trinajstić information content (AvgIpc) is 3.10. The van der Waals surface area contributed by atoms with Crippen molar-refractivity contribution in [2.45, 2.75) is 59.0 Å². The summed E-state index contributed by atoms with van der Waals surface area (Å²) in [6.07, 6.45) is 3.93. The van der Waals surface area contributed by atoms with Crippen molar-refractivity contribution < 1.29 is 4.79 Å². The van der Waals surface area contributed by atoms with Crippen LogP contribution < -0.4 is 5.32 Å². The fourth-order valence-corrected chi connectivity index (χ4v) is 3.07. The number of piperidine rings is 1. The number of carbonyl (C=O) groups is 1. The molecular weight excluding hydrogens is 224 g/mol. The van der Waals surface area contributed by atoms with Crippen molar-refractivity contribution in [1.82, 2.24) is 10.2 Å². The van der Waals surface area contributed by atoms with Crippen LogP contribution in [0.15, 0.2) is 0 Å². The van der Waals surface area contributed by atoms with Gasteiger partial charge in [0.2, 0.25) is 5.91 Å². The molecule has 1 amide bonds. The van der Waals surface area contributed by atoms with Crippen molar-refractivity contribution >= 4 is 5.91 Å². The van der Waals surface area contributed by atoms with E-state index in [1.165, 1.54) is 19.4 Å². The maximum atomic E-state index is 11.8. The normalized spacial score (nSPS) is 31.4. The minimum atomic E-state index is 0.0940. The minimum Gasteiger partial charge on any atom is -0.352 e. The number of nitrogens with zero attached hydrogens (tertiary/aromatic N) is 1. The molecule has 104 valence electrons. The van der Waals surface area contributed by atoms with Crippen LogP contribution in [-0.2, 0) is 4.79 Å². The molecule has 1 saturated carbocycles. The van der Waals surface area contributed by atoms with E-state index < -0.39 is 0 Å². The third kappa shape index (κ3) is 3.47. The van der Waals surface area contributed by atoms with Crippen LogP contribution in [0.1, 0.15) is 47.0 Å². The molecule has 0 spiro atoms. The molecule has 1 aliphatic heterocycles. The summed E-state index contributed by atoms with van der Waals surface area (Å²) in [6, 6.07) is 1.05. The van der Waals surface area contributed by atoms with E-state index in [0.717, 1.165) is 18.9 Å². The van der Waals surface area contributed by atoms with Gasteiger partial charge in [-0.15, -0.1) is 0 Å². The Morgan fingerprint density at radius 3 is 2.44 bits per heavy atom. The van der Waals surface area contributed by atoms with Crippen LogP contribution in [0.3, 0.4) is 0 Å². The quantitative estimate of drug-likeness (QED) is 0.832. The van der Waals surface area contributed by atoms with Gasteiger partial charge in [-0.1, -0.05) is 20.8 Å². The summed E-state index contributed by atoms with van der Waals surface area (Å²) in [7, 11) is 0. The zero-order chi connectivity index (χ0) is 13.3. The van der Waals surface area contributed by atoms with E-state index in [0.29, 0.717) is 18.0 Å². The van der Waals surface area contributed by atoms with Gasteiger partial charge in [-0.2, -0.15) is 0 Å². The zero-order valence-corrected chi connectivity index (χ0v) is 12.3. The highest BCUT2D eigenvalue weighted by atomic mass is 16.1. The van der Waals surface area contributed by atoms with E-state index in [-0.39, 0.29) is 11.8 Å². The SMILES string of the molecule is CC1CC(NC(=O)C(C)C)CN(C(C)C2CC2)C1. The zero-order valence-electron chi connectivity index (χ0n) is 12.3. The van der Waals surface area contributed by atoms with Gasteiger partial charge < -0.3 is 5.32 Å². The Hall–Kier alpha value is -0.570. The summed E-state index contributed by atoms with van der Waals surface area (Å²) in [6.45, 7) is 10.8. The van der Waals surface area contributed by atoms with Crippen LogP contribution in [0.5, 0.6) is 0 Å². The van der Waals surface area contributed by atoms with Crippen LogP contribution in [0.4, 0.5) is 0 Å². The van der Waals surface area contributed by atoms with Crippen LogP contribution in [0.2, 0.25) is 0 Å². The Kier molecular flexibility index (Phi) is 4.31. The second-order valence-corrected chi connectivity index (χ2v) is 6.73. The number of carbonyl (C=O) groups excluding carboxylic acids is 1. The Balaban J connectivity index is 1.89. The lowest BCUT2D eigenvalue weighted by Gasteiger charge is -2.40. The van der Waals surface area contributed by atoms with E-state index >= 15 is 0 Å². The molecule has 1 aliphatic carbocycles. The number of hydrogen-bond acceptors (Lipinski definition) is 2. The summed E-state index contributed by atoms with van der Waals surface area (Å²) in [5.74, 6) is 1.90. The fourth-order valence-electron chi connectivity index (χ4n) is 3.07. The first-order chi connectivity index (χ1) is 8.47. The van der Waals surface area contributed by atoms with Gasteiger partial charge in [-0.25, -0.2) is 0 Å². The molecule has 3 nitrogen and oxygen atoms in total. The van der Waals surface area contributed by atoms with E-state index in [1.54, 1.807) is 0 Å². The lowest BCUT2D eigenvalue weighted by molar-refractivity contribution is -0.125. The second-order valence-electron chi connectivity index (χ2n) is 6.73. The molecule has 0 aromatic carbocycles. The minimum absolute atomic E-state index is 0.0940. The molecule has 2 aliphatic rings. The standard InChI is InChI=1S/C15H28N2O/c1-10(2)15(18)16-14-7-11(3)8-17(9-14)12(4)13-5-6-13/h10-14H,5-9H2,1-4H3,(H,16,18). The van der Waals surface area contributed by atoms with Gasteiger partial charge in [0.05, 0.1) is 0 Å². The molecule has 1 saturated heterocycles. The number of rotatable bonds is 4. The Morgan fingerprint density at radius 1 is 1.22 bits per heavy atom. The number of amides is 1. The lowest BCUT2D eigenvalue weighted by Crippen LogP contribution is -2.53. The summed E-state index contributed by atoms with van der Waals surface area (Å²) in [4.78, 5) is 14.4. The molecule has 1 N–H and O–H groups in total. The molecule has 0 bridgehead atoms. The molecule has 2 fully saturated rings. The monoisotopic (exact) mass is 252 g/mol. The van der Waals surface area contributed by atoms with Crippen molar-refractivity contribution in [3.63, 3.8) is 0 Å². The van der Waals surface area contributed by atoms with E-state index in [9.17, 15) is 4.79 Å². The highest BCUT2D eigenvalue weighted by molar-refractivity contribution is 5.78. The molecule has 0 aromatic heterocycles. The highest BCUT2D eigenvalue weighted by Crippen LogP contribution is 2.36. The fraction of sp³-hybridized carbons (Fsp3) is 0.933. The van der Waals surface area contributed by atoms with Gasteiger partial charge in [0.25, 0.3) is 0 Å². The topological polar surface area (TPSA) is 32.3 Å². The second kappa shape index (κ2) is 5.60. The first-order valence-corrected chi connectivity index (χ1v) is 7.51. The molecule has 3 atom stereocenters. The Labute approximate surface area is 111 Å². The molecule has 3 heteroatoms. The van der Waals surface area contributed by atoms with Gasteiger partial charge in [-0.3, -0.25) is 9.69 Å². The van der Waals surface area contributed by atoms with Crippen molar-refractivity contribution in [2.75, 3.05) is 13.1 Å². The number of nitrogens with one attached hydrogen (secondary N) is 1. The summed E-state index contributed by atoms with van der Waals surface area (Å²) in [5, 5.41) is 3.21. The molecule has 0 radical (unpaired) electrons. The Morgan fingerprint density at radius 2 is 1.89 bits per heavy atom. The van der Waals surface area contributed by atoms with Gasteiger partial charge in [-0.05, 0) is 38.0 Å². The van der Waals surface area contributed by atoms with Crippen LogP contribution in [0, 0.1) is 17.8 Å². The van der Waals surface area contributed by atoms with Gasteiger partial charge in [0, 0.05) is 31.1 Å². The molecule has 0 aromatic rings. The van der Waals surface area contributed by atoms with Gasteiger partial charge >= 0.3 is 0 Å². The highest BCUT2D eigenvalue weighted by Gasteiger charge is 2.36. The maximum Gasteiger partial charge on any atom is 0.222 e. The molecule has 2 rings (SSSR count). The van der Waals surface area contributed by atoms with Crippen LogP contribution in [0.25, 0.3) is 0 Å². The summed E-state index contributed by atoms with van der Waals surface area (Å²) >= 11 is 0. The smallest absolute Gasteiger partial charge is 0.222 e. The van der Waals surface area contributed by atoms with Crippen molar-refractivity contribution in [3.8, 4) is 0 Å². The molecular formula is C15H28N2O. The predicted octanol–water partition coefficient (Wildman–Crippen LogP) is 2.27. The third-order valence-electron chi connectivity index (χ3n) is 4.44. The predicted molar refractivity (Wildman–Crippen MR) is 74.3 cm³/mol. The van der Waals surface area contributed by atoms with Crippen LogP contribution in [-0.4, -0.2) is 36.0 Å². The van der Waals surface area contributed by atoms with Crippen molar-refractivity contribution in [1.29, 1.82) is 0 Å². The first-order valence-electron chi connectivity index (χ1n) is 7.51. The summed E-state index contributed by atoms with van der Waals surface area (Å²) < 4.78 is 0. The number of likely N-dealkylation sites (tertiary alicyclic amines) is 1. The first kappa shape index (κ1) is 13.9. The van der Waals surface area contributed by atoms with E-state index in [4.69, 9.17) is 0 Å². The third-order valence-corrected chi connectivity index (χ3v) is 4.44. The number of hydrogen-bond donors (Lipinski definition) is 1. The lowest BCUT2D eigenvalue weighted by atomic mass is 9.93. The van der Waals surface area contributed by atoms with Crippen molar-refractivity contribution in [2.24, 2.45) is 17.8 Å². The van der Waals surface area contributed by atoms with E-state index in [1.807, 2.05) is 13.8 Å². The van der Waals surface area contributed by atoms with Gasteiger partial charge in [0.1, 0.15) is 0 Å². The molecule has 18 heavy (non-hydrogen) atoms. The Bertz CT molecular complexity index is 299. The largest absolute Gasteiger partial charge is 0.352 e.